The first kappa shape index (κ1) is 18.0. The summed E-state index contributed by atoms with van der Waals surface area (Å²) in [5, 5.41) is 3.13. The number of carbonyl (C=O) groups excluding carboxylic acids is 2. The van der Waals surface area contributed by atoms with E-state index < -0.39 is 0 Å². The molecule has 0 radical (unpaired) electrons. The third-order valence-electron chi connectivity index (χ3n) is 7.20. The van der Waals surface area contributed by atoms with Crippen LogP contribution in [0.15, 0.2) is 18.3 Å². The maximum absolute atomic E-state index is 12.4. The Bertz CT molecular complexity index is 743. The molecule has 4 heterocycles. The summed E-state index contributed by atoms with van der Waals surface area (Å²) in [7, 11) is 0. The lowest BCUT2D eigenvalue weighted by molar-refractivity contribution is -0.142. The first-order valence-corrected chi connectivity index (χ1v) is 11.0. The van der Waals surface area contributed by atoms with Gasteiger partial charge in [0.05, 0.1) is 5.56 Å². The van der Waals surface area contributed by atoms with Crippen LogP contribution in [0.5, 0.6) is 0 Å². The summed E-state index contributed by atoms with van der Waals surface area (Å²) in [6, 6.07) is 4.65. The maximum Gasteiger partial charge on any atom is 0.253 e. The van der Waals surface area contributed by atoms with E-state index in [9.17, 15) is 9.59 Å². The number of carbonyl (C=O) groups is 2. The summed E-state index contributed by atoms with van der Waals surface area (Å²) in [6.07, 6.45) is 10.5. The maximum atomic E-state index is 12.4. The van der Waals surface area contributed by atoms with Gasteiger partial charge in [-0.1, -0.05) is 12.8 Å². The van der Waals surface area contributed by atoms with Crippen LogP contribution in [-0.2, 0) is 4.79 Å². The van der Waals surface area contributed by atoms with Gasteiger partial charge in [0.25, 0.3) is 5.91 Å². The van der Waals surface area contributed by atoms with Crippen molar-refractivity contribution in [3.8, 4) is 0 Å². The molecule has 0 spiro atoms. The smallest absolute Gasteiger partial charge is 0.253 e. The van der Waals surface area contributed by atoms with Gasteiger partial charge in [0, 0.05) is 44.3 Å². The van der Waals surface area contributed by atoms with E-state index in [0.717, 1.165) is 57.6 Å². The van der Waals surface area contributed by atoms with Crippen LogP contribution in [0.25, 0.3) is 0 Å². The van der Waals surface area contributed by atoms with Crippen LogP contribution >= 0.6 is 0 Å². The number of hydrogen-bond donors (Lipinski definition) is 1. The van der Waals surface area contributed by atoms with E-state index in [-0.39, 0.29) is 5.91 Å². The fraction of sp³-hybridized carbons (Fsp3) is 0.682. The van der Waals surface area contributed by atoms with Crippen LogP contribution in [0.3, 0.4) is 0 Å². The predicted octanol–water partition coefficient (Wildman–Crippen LogP) is 2.59. The van der Waals surface area contributed by atoms with E-state index in [0.29, 0.717) is 35.4 Å². The van der Waals surface area contributed by atoms with Crippen LogP contribution < -0.4 is 10.2 Å². The number of fused-ring (bicyclic) bond motifs is 4. The number of hydrogen-bond acceptors (Lipinski definition) is 4. The molecule has 0 unspecified atom stereocenters. The average Bonchev–Trinajstić information content (AvgIpc) is 3.22. The van der Waals surface area contributed by atoms with Crippen molar-refractivity contribution in [3.05, 3.63) is 23.9 Å². The van der Waals surface area contributed by atoms with Crippen molar-refractivity contribution in [2.45, 2.75) is 63.5 Å². The van der Waals surface area contributed by atoms with Gasteiger partial charge in [0.15, 0.2) is 0 Å². The molecule has 0 aromatic carbocycles. The highest BCUT2D eigenvalue weighted by molar-refractivity contribution is 5.94. The van der Waals surface area contributed by atoms with E-state index in [4.69, 9.17) is 0 Å². The number of aromatic nitrogens is 1. The van der Waals surface area contributed by atoms with Crippen LogP contribution in [0.1, 0.15) is 61.7 Å². The van der Waals surface area contributed by atoms with Gasteiger partial charge in [0.2, 0.25) is 5.91 Å². The second-order valence-corrected chi connectivity index (χ2v) is 9.13. The van der Waals surface area contributed by atoms with E-state index in [1.165, 1.54) is 19.3 Å². The number of pyridine rings is 1. The SMILES string of the molecule is O=C(NC1CCCC1)c1ccc(N2C[C@H]3C[C@H](C2)[C@H]2CCCC(=O)N2C3)nc1. The normalized spacial score (nSPS) is 30.3. The molecule has 2 bridgehead atoms. The standard InChI is InChI=1S/C22H30N4O2/c27-21-7-3-6-19-17-10-15(13-26(19)21)12-25(14-17)20-9-8-16(11-23-20)22(28)24-18-4-1-2-5-18/h8-9,11,15,17-19H,1-7,10,12-14H2,(H,24,28)/t15-,17-,19-/m1/s1. The third-order valence-corrected chi connectivity index (χ3v) is 7.20. The minimum atomic E-state index is -0.00202. The van der Waals surface area contributed by atoms with Crippen molar-refractivity contribution in [3.63, 3.8) is 0 Å². The molecular formula is C22H30N4O2. The number of rotatable bonds is 3. The van der Waals surface area contributed by atoms with Crippen molar-refractivity contribution in [2.24, 2.45) is 11.8 Å². The fourth-order valence-corrected chi connectivity index (χ4v) is 5.84. The lowest BCUT2D eigenvalue weighted by Gasteiger charge is -2.52. The Morgan fingerprint density at radius 2 is 1.93 bits per heavy atom. The van der Waals surface area contributed by atoms with Crippen LogP contribution in [0.2, 0.25) is 0 Å². The highest BCUT2D eigenvalue weighted by Crippen LogP contribution is 2.38. The molecule has 3 aliphatic heterocycles. The van der Waals surface area contributed by atoms with Crippen molar-refractivity contribution < 1.29 is 9.59 Å². The second kappa shape index (κ2) is 7.37. The van der Waals surface area contributed by atoms with Gasteiger partial charge >= 0.3 is 0 Å². The highest BCUT2D eigenvalue weighted by Gasteiger charge is 2.44. The lowest BCUT2D eigenvalue weighted by atomic mass is 9.76. The lowest BCUT2D eigenvalue weighted by Crippen LogP contribution is -2.60. The zero-order valence-electron chi connectivity index (χ0n) is 16.5. The quantitative estimate of drug-likeness (QED) is 0.873. The van der Waals surface area contributed by atoms with Crippen molar-refractivity contribution in [1.82, 2.24) is 15.2 Å². The molecule has 3 saturated heterocycles. The Kier molecular flexibility index (Phi) is 4.73. The molecule has 1 aliphatic carbocycles. The summed E-state index contributed by atoms with van der Waals surface area (Å²) in [6.45, 7) is 2.82. The molecule has 2 amide bonds. The molecule has 4 fully saturated rings. The van der Waals surface area contributed by atoms with Crippen LogP contribution in [-0.4, -0.2) is 53.4 Å². The third kappa shape index (κ3) is 3.38. The first-order valence-electron chi connectivity index (χ1n) is 11.0. The minimum Gasteiger partial charge on any atom is -0.356 e. The van der Waals surface area contributed by atoms with E-state index in [1.807, 2.05) is 12.1 Å². The summed E-state index contributed by atoms with van der Waals surface area (Å²) >= 11 is 0. The number of piperidine rings is 3. The summed E-state index contributed by atoms with van der Waals surface area (Å²) in [4.78, 5) is 33.9. The number of nitrogens with zero attached hydrogens (tertiary/aromatic N) is 3. The monoisotopic (exact) mass is 382 g/mol. The number of amides is 2. The first-order chi connectivity index (χ1) is 13.7. The Hall–Kier alpha value is -2.11. The largest absolute Gasteiger partial charge is 0.356 e. The molecule has 1 aromatic rings. The molecule has 6 nitrogen and oxygen atoms in total. The van der Waals surface area contributed by atoms with Gasteiger partial charge in [-0.25, -0.2) is 4.98 Å². The number of anilines is 1. The highest BCUT2D eigenvalue weighted by atomic mass is 16.2. The fourth-order valence-electron chi connectivity index (χ4n) is 5.84. The van der Waals surface area contributed by atoms with Crippen molar-refractivity contribution in [2.75, 3.05) is 24.5 Å². The summed E-state index contributed by atoms with van der Waals surface area (Å²) in [5.41, 5.74) is 0.650. The summed E-state index contributed by atoms with van der Waals surface area (Å²) in [5.74, 6) is 2.39. The molecule has 150 valence electrons. The Morgan fingerprint density at radius 1 is 1.07 bits per heavy atom. The average molecular weight is 383 g/mol. The van der Waals surface area contributed by atoms with Gasteiger partial charge in [-0.3, -0.25) is 9.59 Å². The molecule has 3 atom stereocenters. The van der Waals surface area contributed by atoms with Gasteiger partial charge < -0.3 is 15.1 Å². The Balaban J connectivity index is 1.25. The summed E-state index contributed by atoms with van der Waals surface area (Å²) < 4.78 is 0. The minimum absolute atomic E-state index is 0.00202. The molecule has 28 heavy (non-hydrogen) atoms. The van der Waals surface area contributed by atoms with Crippen LogP contribution in [0.4, 0.5) is 5.82 Å². The second-order valence-electron chi connectivity index (χ2n) is 9.13. The molecule has 1 N–H and O–H groups in total. The van der Waals surface area contributed by atoms with E-state index in [2.05, 4.69) is 20.1 Å². The van der Waals surface area contributed by atoms with Crippen molar-refractivity contribution >= 4 is 17.6 Å². The number of nitrogens with one attached hydrogen (secondary N) is 1. The van der Waals surface area contributed by atoms with E-state index in [1.54, 1.807) is 6.20 Å². The van der Waals surface area contributed by atoms with Crippen LogP contribution in [0, 0.1) is 11.8 Å². The van der Waals surface area contributed by atoms with Gasteiger partial charge in [-0.15, -0.1) is 0 Å². The molecular weight excluding hydrogens is 352 g/mol. The topological polar surface area (TPSA) is 65.5 Å². The Labute approximate surface area is 166 Å². The Morgan fingerprint density at radius 3 is 2.71 bits per heavy atom. The zero-order chi connectivity index (χ0) is 19.1. The molecule has 4 aliphatic rings. The van der Waals surface area contributed by atoms with Crippen molar-refractivity contribution in [1.29, 1.82) is 0 Å². The zero-order valence-corrected chi connectivity index (χ0v) is 16.5. The molecule has 5 rings (SSSR count). The van der Waals surface area contributed by atoms with Gasteiger partial charge in [-0.2, -0.15) is 0 Å². The molecule has 6 heteroatoms. The molecule has 1 aromatic heterocycles. The van der Waals surface area contributed by atoms with E-state index >= 15 is 0 Å². The molecule has 1 saturated carbocycles. The predicted molar refractivity (Wildman–Crippen MR) is 107 cm³/mol. The van der Waals surface area contributed by atoms with Gasteiger partial charge in [-0.05, 0) is 56.1 Å². The van der Waals surface area contributed by atoms with Gasteiger partial charge in [0.1, 0.15) is 5.82 Å².